The van der Waals surface area contributed by atoms with Gasteiger partial charge in [-0.2, -0.15) is 0 Å². The Morgan fingerprint density at radius 1 is 1.64 bits per heavy atom. The maximum Gasteiger partial charge on any atom is 0.312 e. The fourth-order valence-corrected chi connectivity index (χ4v) is 0.861. The first kappa shape index (κ1) is 10.2. The molecule has 0 rings (SSSR count). The van der Waals surface area contributed by atoms with Crippen molar-refractivity contribution >= 4 is 5.97 Å². The van der Waals surface area contributed by atoms with Crippen LogP contribution < -0.4 is 0 Å². The molecule has 0 bridgehead atoms. The van der Waals surface area contributed by atoms with Crippen LogP contribution in [0.4, 0.5) is 0 Å². The molecule has 0 aliphatic heterocycles. The smallest absolute Gasteiger partial charge is 0.312 e. The number of ether oxygens (including phenoxy) is 1. The van der Waals surface area contributed by atoms with E-state index in [1.165, 1.54) is 7.11 Å². The van der Waals surface area contributed by atoms with Gasteiger partial charge >= 0.3 is 5.97 Å². The zero-order valence-electron chi connectivity index (χ0n) is 7.68. The molecule has 0 saturated carbocycles. The second-order valence-corrected chi connectivity index (χ2v) is 2.60. The summed E-state index contributed by atoms with van der Waals surface area (Å²) in [4.78, 5) is 11.0. The number of esters is 1. The van der Waals surface area contributed by atoms with Gasteiger partial charge in [0.25, 0.3) is 0 Å². The molecular weight excluding hydrogens is 140 g/mol. The number of carbonyl (C=O) groups excluding carboxylic acids is 1. The van der Waals surface area contributed by atoms with Gasteiger partial charge in [0.2, 0.25) is 0 Å². The number of hydrogen-bond acceptors (Lipinski definition) is 2. The highest BCUT2D eigenvalue weighted by Crippen LogP contribution is 2.11. The highest BCUT2D eigenvalue weighted by Gasteiger charge is 2.13. The molecule has 64 valence electrons. The Bertz CT molecular complexity index is 159. The lowest BCUT2D eigenvalue weighted by Gasteiger charge is -2.08. The highest BCUT2D eigenvalue weighted by molar-refractivity contribution is 5.74. The van der Waals surface area contributed by atoms with Crippen molar-refractivity contribution in [2.75, 3.05) is 7.11 Å². The topological polar surface area (TPSA) is 26.3 Å². The average molecular weight is 156 g/mol. The van der Waals surface area contributed by atoms with E-state index < -0.39 is 0 Å². The summed E-state index contributed by atoms with van der Waals surface area (Å²) >= 11 is 0. The second kappa shape index (κ2) is 4.94. The Kier molecular flexibility index (Phi) is 4.59. The standard InChI is InChI=1S/C9H16O2/c1-5-6-7(2)8(3)9(10)11-4/h6,8H,5H2,1-4H3. The molecule has 0 saturated heterocycles. The predicted molar refractivity (Wildman–Crippen MR) is 45.2 cm³/mol. The zero-order valence-corrected chi connectivity index (χ0v) is 7.68. The molecule has 0 aromatic carbocycles. The molecule has 0 aliphatic carbocycles. The minimum absolute atomic E-state index is 0.0973. The quantitative estimate of drug-likeness (QED) is 0.462. The van der Waals surface area contributed by atoms with Gasteiger partial charge in [0.05, 0.1) is 13.0 Å². The van der Waals surface area contributed by atoms with Crippen molar-refractivity contribution in [2.24, 2.45) is 5.92 Å². The summed E-state index contributed by atoms with van der Waals surface area (Å²) in [6, 6.07) is 0. The molecule has 1 unspecified atom stereocenters. The van der Waals surface area contributed by atoms with Crippen LogP contribution >= 0.6 is 0 Å². The first-order chi connectivity index (χ1) is 5.13. The molecule has 1 atom stereocenters. The molecule has 0 N–H and O–H groups in total. The average Bonchev–Trinajstić information content (AvgIpc) is 2.02. The van der Waals surface area contributed by atoms with Crippen LogP contribution in [0.15, 0.2) is 11.6 Å². The zero-order chi connectivity index (χ0) is 8.85. The van der Waals surface area contributed by atoms with Gasteiger partial charge in [-0.25, -0.2) is 0 Å². The van der Waals surface area contributed by atoms with Crippen molar-refractivity contribution < 1.29 is 9.53 Å². The Hall–Kier alpha value is -0.790. The monoisotopic (exact) mass is 156 g/mol. The van der Waals surface area contributed by atoms with E-state index in [9.17, 15) is 4.79 Å². The SMILES string of the molecule is CCC=C(C)C(C)C(=O)OC. The molecule has 0 aromatic heterocycles. The van der Waals surface area contributed by atoms with E-state index in [-0.39, 0.29) is 11.9 Å². The van der Waals surface area contributed by atoms with E-state index in [2.05, 4.69) is 4.74 Å². The second-order valence-electron chi connectivity index (χ2n) is 2.60. The van der Waals surface area contributed by atoms with Crippen molar-refractivity contribution in [1.29, 1.82) is 0 Å². The van der Waals surface area contributed by atoms with Crippen molar-refractivity contribution in [3.8, 4) is 0 Å². The number of methoxy groups -OCH3 is 1. The van der Waals surface area contributed by atoms with Crippen molar-refractivity contribution in [3.63, 3.8) is 0 Å². The Morgan fingerprint density at radius 2 is 2.18 bits per heavy atom. The maximum absolute atomic E-state index is 11.0. The Labute approximate surface area is 68.2 Å². The highest BCUT2D eigenvalue weighted by atomic mass is 16.5. The van der Waals surface area contributed by atoms with Crippen LogP contribution in [0.5, 0.6) is 0 Å². The van der Waals surface area contributed by atoms with Gasteiger partial charge in [-0.3, -0.25) is 4.79 Å². The van der Waals surface area contributed by atoms with Gasteiger partial charge in [0.15, 0.2) is 0 Å². The predicted octanol–water partition coefficient (Wildman–Crippen LogP) is 2.15. The Morgan fingerprint density at radius 3 is 2.55 bits per heavy atom. The molecule has 2 heteroatoms. The molecule has 11 heavy (non-hydrogen) atoms. The van der Waals surface area contributed by atoms with Crippen LogP contribution in [0.1, 0.15) is 27.2 Å². The summed E-state index contributed by atoms with van der Waals surface area (Å²) < 4.78 is 4.60. The van der Waals surface area contributed by atoms with Gasteiger partial charge in [-0.1, -0.05) is 18.6 Å². The van der Waals surface area contributed by atoms with Gasteiger partial charge in [-0.05, 0) is 20.3 Å². The van der Waals surface area contributed by atoms with E-state index in [1.54, 1.807) is 0 Å². The summed E-state index contributed by atoms with van der Waals surface area (Å²) in [5.74, 6) is -0.257. The summed E-state index contributed by atoms with van der Waals surface area (Å²) in [6.45, 7) is 5.85. The third-order valence-corrected chi connectivity index (χ3v) is 1.76. The van der Waals surface area contributed by atoms with Crippen molar-refractivity contribution in [2.45, 2.75) is 27.2 Å². The van der Waals surface area contributed by atoms with E-state index in [4.69, 9.17) is 0 Å². The summed E-state index contributed by atoms with van der Waals surface area (Å²) in [7, 11) is 1.41. The largest absolute Gasteiger partial charge is 0.469 e. The maximum atomic E-state index is 11.0. The van der Waals surface area contributed by atoms with Gasteiger partial charge in [0.1, 0.15) is 0 Å². The third-order valence-electron chi connectivity index (χ3n) is 1.76. The van der Waals surface area contributed by atoms with Gasteiger partial charge in [0, 0.05) is 0 Å². The van der Waals surface area contributed by atoms with Crippen LogP contribution in [0.2, 0.25) is 0 Å². The lowest BCUT2D eigenvalue weighted by molar-refractivity contribution is -0.143. The van der Waals surface area contributed by atoms with E-state index in [0.717, 1.165) is 12.0 Å². The number of rotatable bonds is 3. The first-order valence-corrected chi connectivity index (χ1v) is 3.88. The lowest BCUT2D eigenvalue weighted by atomic mass is 10.0. The third kappa shape index (κ3) is 3.21. The molecule has 0 radical (unpaired) electrons. The molecule has 0 amide bonds. The minimum atomic E-state index is -0.160. The van der Waals surface area contributed by atoms with Crippen LogP contribution in [-0.2, 0) is 9.53 Å². The number of hydrogen-bond donors (Lipinski definition) is 0. The molecule has 0 fully saturated rings. The van der Waals surface area contributed by atoms with E-state index in [0.29, 0.717) is 0 Å². The summed E-state index contributed by atoms with van der Waals surface area (Å²) in [6.07, 6.45) is 3.01. The first-order valence-electron chi connectivity index (χ1n) is 3.88. The number of allylic oxidation sites excluding steroid dienone is 1. The van der Waals surface area contributed by atoms with Crippen LogP contribution in [0.3, 0.4) is 0 Å². The lowest BCUT2D eigenvalue weighted by Crippen LogP contribution is -2.13. The van der Waals surface area contributed by atoms with Gasteiger partial charge in [-0.15, -0.1) is 0 Å². The number of carbonyl (C=O) groups is 1. The molecular formula is C9H16O2. The van der Waals surface area contributed by atoms with Crippen molar-refractivity contribution in [1.82, 2.24) is 0 Å². The van der Waals surface area contributed by atoms with Crippen LogP contribution in [0, 0.1) is 5.92 Å². The van der Waals surface area contributed by atoms with Gasteiger partial charge < -0.3 is 4.74 Å². The van der Waals surface area contributed by atoms with E-state index in [1.807, 2.05) is 26.8 Å². The summed E-state index contributed by atoms with van der Waals surface area (Å²) in [5, 5.41) is 0. The molecule has 0 aromatic rings. The minimum Gasteiger partial charge on any atom is -0.469 e. The van der Waals surface area contributed by atoms with Crippen LogP contribution in [0.25, 0.3) is 0 Å². The Balaban J connectivity index is 4.12. The molecule has 0 aliphatic rings. The molecule has 2 nitrogen and oxygen atoms in total. The molecule has 0 heterocycles. The summed E-state index contributed by atoms with van der Waals surface area (Å²) in [5.41, 5.74) is 1.08. The normalized spacial score (nSPS) is 14.4. The fourth-order valence-electron chi connectivity index (χ4n) is 0.861. The van der Waals surface area contributed by atoms with Crippen molar-refractivity contribution in [3.05, 3.63) is 11.6 Å². The molecule has 0 spiro atoms. The van der Waals surface area contributed by atoms with E-state index >= 15 is 0 Å². The fraction of sp³-hybridized carbons (Fsp3) is 0.667. The van der Waals surface area contributed by atoms with Crippen LogP contribution in [-0.4, -0.2) is 13.1 Å².